The summed E-state index contributed by atoms with van der Waals surface area (Å²) in [5.74, 6) is 0.430. The average molecular weight is 253 g/mol. The Balaban J connectivity index is 2.19. The Kier molecular flexibility index (Phi) is 4.15. The largest absolute Gasteiger partial charge is 0.489 e. The summed E-state index contributed by atoms with van der Waals surface area (Å²) in [5, 5.41) is 9.10. The molecule has 1 amide bonds. The van der Waals surface area contributed by atoms with Crippen LogP contribution in [-0.4, -0.2) is 37.4 Å². The molecule has 2 rings (SSSR count). The monoisotopic (exact) mass is 253 g/mol. The van der Waals surface area contributed by atoms with Gasteiger partial charge in [0, 0.05) is 25.5 Å². The first-order valence-corrected chi connectivity index (χ1v) is 5.95. The van der Waals surface area contributed by atoms with Gasteiger partial charge in [0.25, 0.3) is 0 Å². The Morgan fingerprint density at radius 2 is 2.22 bits per heavy atom. The predicted molar refractivity (Wildman–Crippen MR) is 65.5 cm³/mol. The van der Waals surface area contributed by atoms with Crippen LogP contribution in [0.2, 0.25) is 0 Å². The molecule has 1 aliphatic rings. The molecule has 0 spiro atoms. The number of anilines is 1. The van der Waals surface area contributed by atoms with E-state index >= 15 is 0 Å². The summed E-state index contributed by atoms with van der Waals surface area (Å²) in [7, 11) is 0. The highest BCUT2D eigenvalue weighted by Gasteiger charge is 2.31. The molecule has 0 bridgehead atoms. The van der Waals surface area contributed by atoms with Crippen molar-refractivity contribution in [1.82, 2.24) is 0 Å². The number of ether oxygens (including phenoxy) is 1. The Labute approximate surface area is 105 Å². The van der Waals surface area contributed by atoms with E-state index in [0.29, 0.717) is 24.4 Å². The van der Waals surface area contributed by atoms with Crippen molar-refractivity contribution in [3.63, 3.8) is 0 Å². The van der Waals surface area contributed by atoms with Crippen molar-refractivity contribution in [2.24, 2.45) is 5.92 Å². The maximum atomic E-state index is 12.1. The van der Waals surface area contributed by atoms with Crippen LogP contribution in [0.1, 0.15) is 6.42 Å². The molecule has 18 heavy (non-hydrogen) atoms. The second-order valence-corrected chi connectivity index (χ2v) is 4.26. The van der Waals surface area contributed by atoms with Gasteiger partial charge in [0.15, 0.2) is 0 Å². The molecular formula is C13H16FNO3. The van der Waals surface area contributed by atoms with Gasteiger partial charge in [-0.25, -0.2) is 4.39 Å². The Morgan fingerprint density at radius 3 is 2.89 bits per heavy atom. The van der Waals surface area contributed by atoms with E-state index in [9.17, 15) is 9.18 Å². The van der Waals surface area contributed by atoms with E-state index in [1.165, 1.54) is 0 Å². The van der Waals surface area contributed by atoms with Crippen LogP contribution >= 0.6 is 0 Å². The van der Waals surface area contributed by atoms with Crippen molar-refractivity contribution in [3.05, 3.63) is 24.3 Å². The first kappa shape index (κ1) is 12.8. The number of carbonyl (C=O) groups excluding carboxylic acids is 1. The minimum atomic E-state index is -0.568. The van der Waals surface area contributed by atoms with E-state index in [1.54, 1.807) is 29.2 Å². The zero-order chi connectivity index (χ0) is 13.0. The van der Waals surface area contributed by atoms with Gasteiger partial charge in [-0.3, -0.25) is 4.79 Å². The van der Waals surface area contributed by atoms with Gasteiger partial charge in [-0.2, -0.15) is 0 Å². The number of aliphatic hydroxyl groups is 1. The Morgan fingerprint density at radius 1 is 1.44 bits per heavy atom. The third-order valence-electron chi connectivity index (χ3n) is 2.95. The topological polar surface area (TPSA) is 49.8 Å². The molecule has 1 N–H and O–H groups in total. The maximum absolute atomic E-state index is 12.1. The molecule has 1 heterocycles. The Bertz CT molecular complexity index is 424. The van der Waals surface area contributed by atoms with Gasteiger partial charge in [0.1, 0.15) is 19.0 Å². The fraction of sp³-hybridized carbons (Fsp3) is 0.462. The van der Waals surface area contributed by atoms with E-state index in [0.717, 1.165) is 0 Å². The van der Waals surface area contributed by atoms with Crippen molar-refractivity contribution < 1.29 is 19.0 Å². The van der Waals surface area contributed by atoms with Gasteiger partial charge in [0.05, 0.1) is 5.69 Å². The predicted octanol–water partition coefficient (Wildman–Crippen LogP) is 1.38. The van der Waals surface area contributed by atoms with Crippen LogP contribution in [0, 0.1) is 5.92 Å². The molecule has 1 aromatic carbocycles. The van der Waals surface area contributed by atoms with Crippen molar-refractivity contribution in [3.8, 4) is 5.75 Å². The summed E-state index contributed by atoms with van der Waals surface area (Å²) in [6.07, 6.45) is 0.341. The van der Waals surface area contributed by atoms with Gasteiger partial charge in [-0.1, -0.05) is 12.1 Å². The molecule has 1 atom stereocenters. The van der Waals surface area contributed by atoms with E-state index in [4.69, 9.17) is 9.84 Å². The number of amides is 1. The number of carbonyl (C=O) groups is 1. The molecule has 1 unspecified atom stereocenters. The van der Waals surface area contributed by atoms with Crippen molar-refractivity contribution in [1.29, 1.82) is 0 Å². The number of hydrogen-bond acceptors (Lipinski definition) is 3. The summed E-state index contributed by atoms with van der Waals surface area (Å²) < 4.78 is 17.4. The molecular weight excluding hydrogens is 237 g/mol. The zero-order valence-corrected chi connectivity index (χ0v) is 10.0. The van der Waals surface area contributed by atoms with Crippen LogP contribution in [0.5, 0.6) is 5.75 Å². The summed E-state index contributed by atoms with van der Waals surface area (Å²) >= 11 is 0. The second kappa shape index (κ2) is 5.82. The number of rotatable bonds is 5. The molecule has 1 saturated heterocycles. The van der Waals surface area contributed by atoms with Crippen LogP contribution in [-0.2, 0) is 4.79 Å². The highest BCUT2D eigenvalue weighted by Crippen LogP contribution is 2.32. The fourth-order valence-corrected chi connectivity index (χ4v) is 2.09. The van der Waals surface area contributed by atoms with Gasteiger partial charge in [-0.05, 0) is 12.1 Å². The summed E-state index contributed by atoms with van der Waals surface area (Å²) in [4.78, 5) is 13.4. The number of nitrogens with zero attached hydrogens (tertiary/aromatic N) is 1. The molecule has 0 radical (unpaired) electrons. The molecule has 5 heteroatoms. The molecule has 98 valence electrons. The lowest BCUT2D eigenvalue weighted by molar-refractivity contribution is -0.117. The molecule has 4 nitrogen and oxygen atoms in total. The lowest BCUT2D eigenvalue weighted by Gasteiger charge is -2.20. The van der Waals surface area contributed by atoms with Gasteiger partial charge in [0.2, 0.25) is 5.91 Å². The second-order valence-electron chi connectivity index (χ2n) is 4.26. The minimum Gasteiger partial charge on any atom is -0.489 e. The highest BCUT2D eigenvalue weighted by atomic mass is 19.1. The summed E-state index contributed by atoms with van der Waals surface area (Å²) in [6.45, 7) is -0.120. The van der Waals surface area contributed by atoms with Crippen LogP contribution in [0.3, 0.4) is 0 Å². The summed E-state index contributed by atoms with van der Waals surface area (Å²) in [6, 6.07) is 7.06. The molecule has 1 fully saturated rings. The first-order valence-electron chi connectivity index (χ1n) is 5.95. The van der Waals surface area contributed by atoms with Crippen LogP contribution in [0.15, 0.2) is 24.3 Å². The summed E-state index contributed by atoms with van der Waals surface area (Å²) in [5.41, 5.74) is 0.645. The van der Waals surface area contributed by atoms with Gasteiger partial charge >= 0.3 is 0 Å². The van der Waals surface area contributed by atoms with Crippen molar-refractivity contribution in [2.75, 3.05) is 31.3 Å². The molecule has 1 aliphatic heterocycles. The number of benzene rings is 1. The third-order valence-corrected chi connectivity index (χ3v) is 2.95. The smallest absolute Gasteiger partial charge is 0.227 e. The number of halogens is 1. The molecule has 1 aromatic rings. The van der Waals surface area contributed by atoms with Crippen LogP contribution in [0.25, 0.3) is 0 Å². The lowest BCUT2D eigenvalue weighted by atomic mass is 10.1. The van der Waals surface area contributed by atoms with Gasteiger partial charge < -0.3 is 14.7 Å². The van der Waals surface area contributed by atoms with Crippen molar-refractivity contribution in [2.45, 2.75) is 6.42 Å². The maximum Gasteiger partial charge on any atom is 0.227 e. The van der Waals surface area contributed by atoms with Gasteiger partial charge in [-0.15, -0.1) is 0 Å². The van der Waals surface area contributed by atoms with E-state index in [-0.39, 0.29) is 25.0 Å². The third kappa shape index (κ3) is 2.61. The molecule has 0 aromatic heterocycles. The first-order chi connectivity index (χ1) is 8.76. The Hall–Kier alpha value is -1.62. The number of aliphatic hydroxyl groups excluding tert-OH is 1. The highest BCUT2D eigenvalue weighted by molar-refractivity contribution is 5.97. The lowest BCUT2D eigenvalue weighted by Crippen LogP contribution is -2.25. The number of hydrogen-bond donors (Lipinski definition) is 1. The average Bonchev–Trinajstić information content (AvgIpc) is 2.78. The van der Waals surface area contributed by atoms with Crippen LogP contribution < -0.4 is 9.64 Å². The molecule has 0 aliphatic carbocycles. The standard InChI is InChI=1S/C13H16FNO3/c14-5-6-18-12-4-2-1-3-11(12)15-8-10(9-16)7-13(15)17/h1-4,10,16H,5-9H2. The van der Waals surface area contributed by atoms with E-state index in [1.807, 2.05) is 0 Å². The number of alkyl halides is 1. The SMILES string of the molecule is O=C1CC(CO)CN1c1ccccc1OCCF. The van der Waals surface area contributed by atoms with E-state index in [2.05, 4.69) is 0 Å². The van der Waals surface area contributed by atoms with E-state index < -0.39 is 6.67 Å². The number of para-hydroxylation sites is 2. The van der Waals surface area contributed by atoms with Crippen LogP contribution in [0.4, 0.5) is 10.1 Å². The minimum absolute atomic E-state index is 0.00422. The molecule has 0 saturated carbocycles. The van der Waals surface area contributed by atoms with Crippen molar-refractivity contribution >= 4 is 11.6 Å². The fourth-order valence-electron chi connectivity index (χ4n) is 2.09. The normalized spacial score (nSPS) is 19.3. The zero-order valence-electron chi connectivity index (χ0n) is 10.0. The quantitative estimate of drug-likeness (QED) is 0.862.